The minimum absolute atomic E-state index is 0.196. The lowest BCUT2D eigenvalue weighted by atomic mass is 9.89. The van der Waals surface area contributed by atoms with Crippen LogP contribution < -0.4 is 19.6 Å². The molecule has 8 nitrogen and oxygen atoms in total. The van der Waals surface area contributed by atoms with Gasteiger partial charge in [-0.05, 0) is 210 Å². The third-order valence-corrected chi connectivity index (χ3v) is 31.6. The van der Waals surface area contributed by atoms with E-state index >= 15 is 0 Å². The van der Waals surface area contributed by atoms with Crippen molar-refractivity contribution in [3.63, 3.8) is 0 Å². The Morgan fingerprint density at radius 3 is 0.671 bits per heavy atom. The number of hydrogen-bond acceptors (Lipinski definition) is 4. The van der Waals surface area contributed by atoms with E-state index in [0.717, 1.165) is 92.1 Å². The molecule has 8 aromatic heterocycles. The molecule has 0 spiro atoms. The molecule has 30 rings (SSSR count). The predicted octanol–water partition coefficient (Wildman–Crippen LogP) is 38.1. The molecule has 0 N–H and O–H groups in total. The summed E-state index contributed by atoms with van der Waals surface area (Å²) in [6.45, 7) is 6.77. The lowest BCUT2D eigenvalue weighted by molar-refractivity contribution is 0.759. The van der Waals surface area contributed by atoms with Crippen molar-refractivity contribution >= 4 is 221 Å². The fourth-order valence-corrected chi connectivity index (χ4v) is 25.3. The number of fused-ring (bicyclic) bond motifs is 24. The third-order valence-electron chi connectivity index (χ3n) is 31.6. The van der Waals surface area contributed by atoms with Crippen molar-refractivity contribution in [3.05, 3.63) is 508 Å². The Hall–Kier alpha value is -18.8. The number of para-hydroxylation sites is 8. The SMILES string of the molecule is CCc1ccc(N(c2ccccc2)c2ccc3c4cccc5c6c(-c7ccccc7)c7c(c(-c8ccccc8)c6n(c3c2)c45)c2cccc3c4ccc(N(c5ccccc5)c5ccc(C(C)Cc6ccc(N(c8ccccc8)c8ccc9c%10cccc%11c%12c(-c%13ccccc%13)c%13c(c(-c%14ccccc%14)c%12n(c9c8)c%10%11)c8cccc9c%10ccc(N(c%11ccccc%11)c%11ccc(C)cc%11)cc%10n%13c98)cc6)cc5)cc4n7c32)cc1. The molecular formula is C138H94N8. The smallest absolute Gasteiger partial charge is 0.0634 e. The van der Waals surface area contributed by atoms with Crippen LogP contribution in [0.2, 0.25) is 0 Å². The Labute approximate surface area is 843 Å². The second-order valence-corrected chi connectivity index (χ2v) is 39.7. The van der Waals surface area contributed by atoms with Gasteiger partial charge in [-0.25, -0.2) is 0 Å². The molecule has 0 radical (unpaired) electrons. The summed E-state index contributed by atoms with van der Waals surface area (Å²) in [6, 6.07) is 182. The summed E-state index contributed by atoms with van der Waals surface area (Å²) in [5.74, 6) is 0.196. The number of rotatable bonds is 20. The average molecular weight is 1860 g/mol. The van der Waals surface area contributed by atoms with E-state index in [9.17, 15) is 0 Å². The molecule has 1 atom stereocenters. The number of anilines is 12. The fourth-order valence-electron chi connectivity index (χ4n) is 25.3. The summed E-state index contributed by atoms with van der Waals surface area (Å²) in [6.07, 6.45) is 1.83. The first-order valence-corrected chi connectivity index (χ1v) is 51.1. The molecule has 0 saturated heterocycles. The van der Waals surface area contributed by atoms with Crippen LogP contribution in [0.15, 0.2) is 485 Å². The highest BCUT2D eigenvalue weighted by atomic mass is 15.2. The molecule has 0 saturated carbocycles. The van der Waals surface area contributed by atoms with E-state index in [2.05, 4.69) is 543 Å². The molecule has 0 aliphatic rings. The normalized spacial score (nSPS) is 12.4. The second-order valence-electron chi connectivity index (χ2n) is 39.7. The van der Waals surface area contributed by atoms with Gasteiger partial charge in [0.2, 0.25) is 0 Å². The molecule has 1 unspecified atom stereocenters. The monoisotopic (exact) mass is 1860 g/mol. The van der Waals surface area contributed by atoms with Crippen molar-refractivity contribution in [3.8, 4) is 44.5 Å². The van der Waals surface area contributed by atoms with Gasteiger partial charge in [0, 0.05) is 177 Å². The zero-order valence-electron chi connectivity index (χ0n) is 80.8. The summed E-state index contributed by atoms with van der Waals surface area (Å²) < 4.78 is 10.6. The minimum Gasteiger partial charge on any atom is -0.310 e. The van der Waals surface area contributed by atoms with Gasteiger partial charge in [0.25, 0.3) is 0 Å². The molecule has 0 bridgehead atoms. The van der Waals surface area contributed by atoms with Crippen LogP contribution in [0, 0.1) is 6.92 Å². The van der Waals surface area contributed by atoms with Crippen molar-refractivity contribution in [2.45, 2.75) is 39.5 Å². The van der Waals surface area contributed by atoms with E-state index in [1.807, 2.05) is 0 Å². The van der Waals surface area contributed by atoms with Gasteiger partial charge in [0.15, 0.2) is 0 Å². The standard InChI is InChI=1S/C138H94N8/c1-4-88-59-67-100(68-60-88)140(96-43-23-10-24-44-96)104-74-78-108-112-50-30-54-116-129-126(94-39-19-8-20-40-94)138-130(125(93-37-17-7-18-38-93)136(129)144(132(112)116)120(108)83-104)118-56-32-52-114-110-80-76-106(85-122(110)146(138)134(114)118)142(98-47-27-12-28-48-98)102-71-63-90(64-72-102)87(3)81-89-61-69-101(70-62-89)141(97-45-25-11-26-46-97)105-75-79-109-113-51-31-55-117-128-123(91-33-13-5-14-34-91)135-127(124(92-35-15-6-16-36-92)137(128)145(133(113)117)121(109)84-105)115-53-29-49-111-107-77-73-103(82-119(107)143(135)131(111)115)139(95-41-21-9-22-42-95)99-65-57-86(2)58-66-99/h5-80,82-85,87H,4,81H2,1-3H3. The molecule has 0 fully saturated rings. The zero-order chi connectivity index (χ0) is 96.2. The summed E-state index contributed by atoms with van der Waals surface area (Å²) in [5, 5.41) is 19.7. The topological polar surface area (TPSA) is 30.6 Å². The van der Waals surface area contributed by atoms with E-state index in [0.29, 0.717) is 0 Å². The third kappa shape index (κ3) is 12.4. The summed E-state index contributed by atoms with van der Waals surface area (Å²) in [5.41, 5.74) is 42.1. The van der Waals surface area contributed by atoms with Crippen LogP contribution in [0.3, 0.4) is 0 Å². The maximum Gasteiger partial charge on any atom is 0.0634 e. The van der Waals surface area contributed by atoms with E-state index in [1.54, 1.807) is 0 Å². The van der Waals surface area contributed by atoms with Crippen LogP contribution in [0.25, 0.3) is 197 Å². The minimum atomic E-state index is 0.196. The van der Waals surface area contributed by atoms with Gasteiger partial charge in [0.1, 0.15) is 0 Å². The van der Waals surface area contributed by atoms with Crippen LogP contribution in [0.5, 0.6) is 0 Å². The van der Waals surface area contributed by atoms with Crippen molar-refractivity contribution in [1.82, 2.24) is 17.6 Å². The fraction of sp³-hybridized carbons (Fsp3) is 0.0435. The summed E-state index contributed by atoms with van der Waals surface area (Å²) >= 11 is 0. The van der Waals surface area contributed by atoms with Gasteiger partial charge < -0.3 is 37.2 Å². The van der Waals surface area contributed by atoms with E-state index in [1.165, 1.54) is 208 Å². The maximum absolute atomic E-state index is 2.65. The Morgan fingerprint density at radius 2 is 0.411 bits per heavy atom. The van der Waals surface area contributed by atoms with Gasteiger partial charge in [0.05, 0.1) is 66.2 Å². The molecule has 0 aliphatic heterocycles. The molecule has 0 aliphatic carbocycles. The van der Waals surface area contributed by atoms with Crippen molar-refractivity contribution in [2.24, 2.45) is 0 Å². The first-order chi connectivity index (χ1) is 72.3. The molecule has 8 heteroatoms. The van der Waals surface area contributed by atoms with Crippen molar-refractivity contribution in [2.75, 3.05) is 19.6 Å². The second kappa shape index (κ2) is 32.7. The van der Waals surface area contributed by atoms with E-state index in [4.69, 9.17) is 0 Å². The molecule has 686 valence electrons. The lowest BCUT2D eigenvalue weighted by Gasteiger charge is -2.26. The Balaban J connectivity index is 0.534. The van der Waals surface area contributed by atoms with Gasteiger partial charge in [-0.3, -0.25) is 0 Å². The zero-order valence-corrected chi connectivity index (χ0v) is 80.8. The summed E-state index contributed by atoms with van der Waals surface area (Å²) in [7, 11) is 0. The first kappa shape index (κ1) is 83.1. The average Bonchev–Trinajstić information content (AvgIpc) is 1.50. The Morgan fingerprint density at radius 1 is 0.192 bits per heavy atom. The first-order valence-electron chi connectivity index (χ1n) is 51.1. The Bertz CT molecular complexity index is 10400. The quantitative estimate of drug-likeness (QED) is 0.0761. The van der Waals surface area contributed by atoms with Gasteiger partial charge in [-0.15, -0.1) is 0 Å². The highest BCUT2D eigenvalue weighted by Gasteiger charge is 2.36. The van der Waals surface area contributed by atoms with Crippen LogP contribution in [-0.4, -0.2) is 17.6 Å². The maximum atomic E-state index is 2.65. The molecule has 8 heterocycles. The van der Waals surface area contributed by atoms with Gasteiger partial charge >= 0.3 is 0 Å². The predicted molar refractivity (Wildman–Crippen MR) is 618 cm³/mol. The molecule has 146 heavy (non-hydrogen) atoms. The van der Waals surface area contributed by atoms with Crippen LogP contribution in [0.4, 0.5) is 68.2 Å². The van der Waals surface area contributed by atoms with Crippen molar-refractivity contribution in [1.29, 1.82) is 0 Å². The van der Waals surface area contributed by atoms with Crippen LogP contribution in [0.1, 0.15) is 42.0 Å². The van der Waals surface area contributed by atoms with Gasteiger partial charge in [-0.2, -0.15) is 0 Å². The molecular weight excluding hydrogens is 1770 g/mol. The largest absolute Gasteiger partial charge is 0.310 e. The molecule has 30 aromatic rings. The van der Waals surface area contributed by atoms with E-state index < -0.39 is 0 Å². The number of hydrogen-bond donors (Lipinski definition) is 0. The van der Waals surface area contributed by atoms with Gasteiger partial charge in [-0.1, -0.05) is 359 Å². The van der Waals surface area contributed by atoms with E-state index in [-0.39, 0.29) is 5.92 Å². The van der Waals surface area contributed by atoms with Crippen LogP contribution in [-0.2, 0) is 12.8 Å². The molecule has 22 aromatic carbocycles. The lowest BCUT2D eigenvalue weighted by Crippen LogP contribution is -2.10. The summed E-state index contributed by atoms with van der Waals surface area (Å²) in [4.78, 5) is 9.72. The highest BCUT2D eigenvalue weighted by molar-refractivity contribution is 6.41. The Kier molecular flexibility index (Phi) is 18.6. The number of aromatic nitrogens is 4. The number of nitrogens with zero attached hydrogens (tertiary/aromatic N) is 8. The van der Waals surface area contributed by atoms with Crippen LogP contribution >= 0.6 is 0 Å². The molecule has 0 amide bonds. The van der Waals surface area contributed by atoms with Crippen molar-refractivity contribution < 1.29 is 0 Å². The highest BCUT2D eigenvalue weighted by Crippen LogP contribution is 2.59. The number of aryl methyl sites for hydroxylation is 2. The number of benzene rings is 22.